The van der Waals surface area contributed by atoms with Crippen molar-refractivity contribution in [3.63, 3.8) is 0 Å². The number of aromatic hydroxyl groups is 1. The molecule has 0 radical (unpaired) electrons. The number of carboxylic acid groups (broad SMARTS) is 1. The number of phenols is 1. The molecule has 5 nitrogen and oxygen atoms in total. The number of halogens is 2. The number of ether oxygens (including phenoxy) is 1. The van der Waals surface area contributed by atoms with Crippen LogP contribution in [0, 0.1) is 5.82 Å². The van der Waals surface area contributed by atoms with Gasteiger partial charge in [0.05, 0.1) is 17.8 Å². The number of anilines is 1. The quantitative estimate of drug-likeness (QED) is 0.474. The van der Waals surface area contributed by atoms with E-state index in [4.69, 9.17) is 32.3 Å². The molecule has 0 aliphatic carbocycles. The van der Waals surface area contributed by atoms with Gasteiger partial charge in [-0.05, 0) is 6.07 Å². The molecule has 0 fully saturated rings. The average molecular weight is 238 g/mol. The molecule has 0 unspecified atom stereocenters. The summed E-state index contributed by atoms with van der Waals surface area (Å²) in [6.45, 7) is 0. The Morgan fingerprint density at radius 1 is 1.60 bits per heavy atom. The Morgan fingerprint density at radius 3 is 2.40 bits per heavy atom. The molecule has 0 aliphatic rings. The van der Waals surface area contributed by atoms with Gasteiger partial charge in [0.1, 0.15) is 11.6 Å². The lowest BCUT2D eigenvalue weighted by Crippen LogP contribution is -1.91. The van der Waals surface area contributed by atoms with Gasteiger partial charge in [-0.3, -0.25) is 0 Å². The molecule has 15 heavy (non-hydrogen) atoms. The minimum Gasteiger partial charge on any atom is -0.506 e. The summed E-state index contributed by atoms with van der Waals surface area (Å²) in [5.74, 6) is -0.830. The highest BCUT2D eigenvalue weighted by molar-refractivity contribution is 6.32. The molecule has 1 aromatic rings. The van der Waals surface area contributed by atoms with Crippen LogP contribution in [0.15, 0.2) is 12.1 Å². The predicted molar refractivity (Wildman–Crippen MR) is 52.5 cm³/mol. The summed E-state index contributed by atoms with van der Waals surface area (Å²) < 4.78 is 16.1. The van der Waals surface area contributed by atoms with Crippen molar-refractivity contribution in [3.8, 4) is 5.75 Å². The molecule has 0 heterocycles. The molecule has 84 valence electrons. The van der Waals surface area contributed by atoms with Crippen LogP contribution in [-0.2, 0) is 4.74 Å². The summed E-state index contributed by atoms with van der Waals surface area (Å²) in [6.07, 6.45) is -1.25. The third-order valence-corrected chi connectivity index (χ3v) is 1.54. The van der Waals surface area contributed by atoms with E-state index in [-0.39, 0.29) is 16.5 Å². The van der Waals surface area contributed by atoms with Crippen molar-refractivity contribution in [2.24, 2.45) is 0 Å². The number of nitrogen functional groups attached to an aromatic ring is 1. The molecule has 0 bridgehead atoms. The number of rotatable bonds is 0. The zero-order valence-corrected chi connectivity index (χ0v) is 8.45. The molecular formula is C8H9ClFNO4. The van der Waals surface area contributed by atoms with E-state index >= 15 is 0 Å². The topological polar surface area (TPSA) is 92.8 Å². The fraction of sp³-hybridized carbons (Fsp3) is 0.125. The molecule has 0 saturated heterocycles. The Labute approximate surface area is 89.8 Å². The van der Waals surface area contributed by atoms with Gasteiger partial charge >= 0.3 is 6.16 Å². The summed E-state index contributed by atoms with van der Waals surface area (Å²) >= 11 is 5.34. The highest BCUT2D eigenvalue weighted by atomic mass is 35.5. The van der Waals surface area contributed by atoms with E-state index in [2.05, 4.69) is 4.74 Å². The van der Waals surface area contributed by atoms with Crippen LogP contribution < -0.4 is 5.73 Å². The van der Waals surface area contributed by atoms with Gasteiger partial charge in [-0.1, -0.05) is 11.6 Å². The number of phenolic OH excluding ortho intramolecular Hbond substituents is 1. The lowest BCUT2D eigenvalue weighted by molar-refractivity contribution is 0.114. The normalized spacial score (nSPS) is 8.73. The largest absolute Gasteiger partial charge is 0.506 e. The van der Waals surface area contributed by atoms with Crippen LogP contribution in [0.2, 0.25) is 5.02 Å². The Morgan fingerprint density at radius 2 is 2.07 bits per heavy atom. The van der Waals surface area contributed by atoms with Gasteiger partial charge in [-0.25, -0.2) is 9.18 Å². The maximum atomic E-state index is 12.4. The van der Waals surface area contributed by atoms with E-state index in [1.165, 1.54) is 0 Å². The Hall–Kier alpha value is -1.69. The van der Waals surface area contributed by atoms with E-state index < -0.39 is 12.0 Å². The van der Waals surface area contributed by atoms with Crippen molar-refractivity contribution < 1.29 is 24.1 Å². The van der Waals surface area contributed by atoms with Crippen LogP contribution in [0.5, 0.6) is 5.75 Å². The fourth-order valence-corrected chi connectivity index (χ4v) is 0.704. The van der Waals surface area contributed by atoms with Crippen LogP contribution in [0.3, 0.4) is 0 Å². The summed E-state index contributed by atoms with van der Waals surface area (Å²) in [5, 5.41) is 16.3. The highest BCUT2D eigenvalue weighted by Crippen LogP contribution is 2.27. The van der Waals surface area contributed by atoms with E-state index in [1.54, 1.807) is 0 Å². The van der Waals surface area contributed by atoms with Gasteiger partial charge in [0.15, 0.2) is 0 Å². The van der Waals surface area contributed by atoms with Crippen molar-refractivity contribution in [2.75, 3.05) is 12.8 Å². The molecule has 0 aromatic heterocycles. The zero-order chi connectivity index (χ0) is 12.0. The minimum absolute atomic E-state index is 0.0355. The molecule has 4 N–H and O–H groups in total. The number of benzene rings is 1. The van der Waals surface area contributed by atoms with E-state index in [0.717, 1.165) is 19.2 Å². The fourth-order valence-electron chi connectivity index (χ4n) is 0.554. The third kappa shape index (κ3) is 4.92. The predicted octanol–water partition coefficient (Wildman–Crippen LogP) is 2.08. The first-order valence-electron chi connectivity index (χ1n) is 3.59. The minimum atomic E-state index is -1.25. The molecule has 7 heteroatoms. The average Bonchev–Trinajstić information content (AvgIpc) is 2.16. The number of carbonyl (C=O) groups is 1. The second-order valence-electron chi connectivity index (χ2n) is 2.30. The van der Waals surface area contributed by atoms with Gasteiger partial charge in [0, 0.05) is 6.07 Å². The first-order chi connectivity index (χ1) is 6.88. The summed E-state index contributed by atoms with van der Waals surface area (Å²) in [4.78, 5) is 9.15. The number of hydrogen-bond acceptors (Lipinski definition) is 4. The van der Waals surface area contributed by atoms with Crippen molar-refractivity contribution in [1.82, 2.24) is 0 Å². The van der Waals surface area contributed by atoms with Crippen LogP contribution in [-0.4, -0.2) is 23.5 Å². The highest BCUT2D eigenvalue weighted by Gasteiger charge is 2.03. The van der Waals surface area contributed by atoms with E-state index in [0.29, 0.717) is 0 Å². The molecular weight excluding hydrogens is 229 g/mol. The lowest BCUT2D eigenvalue weighted by atomic mass is 10.3. The van der Waals surface area contributed by atoms with Gasteiger partial charge in [0.2, 0.25) is 0 Å². The smallest absolute Gasteiger partial charge is 0.505 e. The van der Waals surface area contributed by atoms with Crippen molar-refractivity contribution >= 4 is 23.4 Å². The number of methoxy groups -OCH3 is 1. The zero-order valence-electron chi connectivity index (χ0n) is 7.70. The standard InChI is InChI=1S/C6H5ClFNO.C2H4O3/c7-3-1-4(8)5(9)2-6(3)10;1-5-2(3)4/h1-2,10H,9H2;1H3,(H,3,4). The first kappa shape index (κ1) is 13.3. The van der Waals surface area contributed by atoms with Gasteiger partial charge in [-0.2, -0.15) is 0 Å². The van der Waals surface area contributed by atoms with Crippen LogP contribution in [0.1, 0.15) is 0 Å². The van der Waals surface area contributed by atoms with Crippen LogP contribution >= 0.6 is 11.6 Å². The van der Waals surface area contributed by atoms with Crippen molar-refractivity contribution in [2.45, 2.75) is 0 Å². The maximum Gasteiger partial charge on any atom is 0.505 e. The van der Waals surface area contributed by atoms with Crippen LogP contribution in [0.4, 0.5) is 14.9 Å². The molecule has 1 rings (SSSR count). The lowest BCUT2D eigenvalue weighted by Gasteiger charge is -1.98. The summed E-state index contributed by atoms with van der Waals surface area (Å²) in [7, 11) is 1.10. The monoisotopic (exact) mass is 237 g/mol. The Kier molecular flexibility index (Phi) is 5.25. The second-order valence-corrected chi connectivity index (χ2v) is 2.70. The molecule has 0 aliphatic heterocycles. The van der Waals surface area contributed by atoms with Crippen LogP contribution in [0.25, 0.3) is 0 Å². The molecule has 1 aromatic carbocycles. The molecule has 0 spiro atoms. The molecule has 0 saturated carbocycles. The van der Waals surface area contributed by atoms with Crippen molar-refractivity contribution in [1.29, 1.82) is 0 Å². The van der Waals surface area contributed by atoms with E-state index in [1.807, 2.05) is 0 Å². The first-order valence-corrected chi connectivity index (χ1v) is 3.96. The van der Waals surface area contributed by atoms with Gasteiger partial charge < -0.3 is 20.7 Å². The summed E-state index contributed by atoms with van der Waals surface area (Å²) in [6, 6.07) is 2.03. The maximum absolute atomic E-state index is 12.4. The third-order valence-electron chi connectivity index (χ3n) is 1.24. The van der Waals surface area contributed by atoms with Gasteiger partial charge in [-0.15, -0.1) is 0 Å². The molecule has 0 atom stereocenters. The number of hydrogen-bond donors (Lipinski definition) is 3. The summed E-state index contributed by atoms with van der Waals surface area (Å²) in [5.41, 5.74) is 4.99. The molecule has 0 amide bonds. The Balaban J connectivity index is 0.000000336. The van der Waals surface area contributed by atoms with E-state index in [9.17, 15) is 4.39 Å². The Bertz CT molecular complexity index is 308. The SMILES string of the molecule is COC(=O)O.Nc1cc(O)c(Cl)cc1F. The van der Waals surface area contributed by atoms with Crippen molar-refractivity contribution in [3.05, 3.63) is 23.0 Å². The number of nitrogens with two attached hydrogens (primary N) is 1. The second kappa shape index (κ2) is 5.92. The van der Waals surface area contributed by atoms with Gasteiger partial charge in [0.25, 0.3) is 0 Å².